The van der Waals surface area contributed by atoms with Gasteiger partial charge < -0.3 is 4.43 Å². The fourth-order valence-electron chi connectivity index (χ4n) is 4.16. The van der Waals surface area contributed by atoms with Gasteiger partial charge in [-0.25, -0.2) is 0 Å². The molecule has 2 aromatic rings. The number of alkyl halides is 1. The van der Waals surface area contributed by atoms with Crippen LogP contribution in [0.2, 0.25) is 0 Å². The van der Waals surface area contributed by atoms with Crippen LogP contribution in [0.4, 0.5) is 0 Å². The summed E-state index contributed by atoms with van der Waals surface area (Å²) in [4.78, 5) is 0. The molecule has 0 spiro atoms. The maximum absolute atomic E-state index is 6.62. The molecule has 25 heavy (non-hydrogen) atoms. The van der Waals surface area contributed by atoms with E-state index in [9.17, 15) is 0 Å². The molecule has 3 heteroatoms. The molecule has 134 valence electrons. The smallest absolute Gasteiger partial charge is 0.239 e. The highest BCUT2D eigenvalue weighted by atomic mass is 127. The van der Waals surface area contributed by atoms with E-state index in [0.717, 1.165) is 6.61 Å². The van der Waals surface area contributed by atoms with Crippen LogP contribution < -0.4 is 10.4 Å². The van der Waals surface area contributed by atoms with E-state index in [0.29, 0.717) is 5.41 Å². The molecule has 0 aliphatic heterocycles. The van der Waals surface area contributed by atoms with Gasteiger partial charge in [0.15, 0.2) is 0 Å². The quantitative estimate of drug-likeness (QED) is 0.313. The Bertz CT molecular complexity index is 565. The van der Waals surface area contributed by atoms with Crippen molar-refractivity contribution in [2.75, 3.05) is 11.0 Å². The molecule has 0 bridgehead atoms. The Balaban J connectivity index is 1.68. The van der Waals surface area contributed by atoms with E-state index in [1.54, 1.807) is 0 Å². The summed E-state index contributed by atoms with van der Waals surface area (Å²) in [6, 6.07) is 21.7. The van der Waals surface area contributed by atoms with Crippen molar-refractivity contribution in [1.29, 1.82) is 0 Å². The fraction of sp³-hybridized carbons (Fsp3) is 0.455. The summed E-state index contributed by atoms with van der Waals surface area (Å²) in [5.74, 6) is 0. The van der Waals surface area contributed by atoms with Crippen molar-refractivity contribution >= 4 is 42.0 Å². The summed E-state index contributed by atoms with van der Waals surface area (Å²) in [5, 5.41) is 2.78. The molecule has 0 N–H and O–H groups in total. The second kappa shape index (κ2) is 9.88. The lowest BCUT2D eigenvalue weighted by Crippen LogP contribution is -2.45. The summed E-state index contributed by atoms with van der Waals surface area (Å²) in [6.07, 6.45) is 9.66. The Morgan fingerprint density at radius 1 is 0.800 bits per heavy atom. The second-order valence-corrected chi connectivity index (χ2v) is 10.8. The van der Waals surface area contributed by atoms with Gasteiger partial charge in [-0.15, -0.1) is 0 Å². The minimum Gasteiger partial charge on any atom is -0.411 e. The molecule has 1 saturated carbocycles. The molecule has 0 heterocycles. The van der Waals surface area contributed by atoms with Crippen molar-refractivity contribution in [3.8, 4) is 0 Å². The van der Waals surface area contributed by atoms with Gasteiger partial charge in [0, 0.05) is 11.0 Å². The number of hydrogen-bond acceptors (Lipinski definition) is 1. The number of rotatable bonds is 8. The average molecular weight is 464 g/mol. The first-order valence-electron chi connectivity index (χ1n) is 9.60. The first-order valence-corrected chi connectivity index (χ1v) is 12.8. The molecular formula is C22H29IOSi. The van der Waals surface area contributed by atoms with E-state index in [1.165, 1.54) is 59.7 Å². The zero-order chi connectivity index (χ0) is 17.4. The van der Waals surface area contributed by atoms with Gasteiger partial charge in [-0.3, -0.25) is 0 Å². The molecule has 1 nitrogen and oxygen atoms in total. The van der Waals surface area contributed by atoms with Crippen LogP contribution in [0.15, 0.2) is 60.7 Å². The molecule has 0 unspecified atom stereocenters. The second-order valence-electron chi connectivity index (χ2n) is 7.32. The normalized spacial score (nSPS) is 16.9. The van der Waals surface area contributed by atoms with Crippen molar-refractivity contribution in [3.05, 3.63) is 60.7 Å². The molecule has 1 aliphatic rings. The molecule has 1 aliphatic carbocycles. The van der Waals surface area contributed by atoms with E-state index >= 15 is 0 Å². The van der Waals surface area contributed by atoms with Crippen molar-refractivity contribution in [2.24, 2.45) is 5.41 Å². The third-order valence-corrected chi connectivity index (χ3v) is 8.75. The summed E-state index contributed by atoms with van der Waals surface area (Å²) >= 11 is 2.55. The summed E-state index contributed by atoms with van der Waals surface area (Å²) in [7, 11) is -1.57. The largest absolute Gasteiger partial charge is 0.411 e. The van der Waals surface area contributed by atoms with Crippen LogP contribution in [-0.4, -0.2) is 20.1 Å². The lowest BCUT2D eigenvalue weighted by molar-refractivity contribution is 0.135. The Morgan fingerprint density at radius 2 is 1.36 bits per heavy atom. The van der Waals surface area contributed by atoms with Gasteiger partial charge in [0.1, 0.15) is 0 Å². The zero-order valence-electron chi connectivity index (χ0n) is 15.0. The predicted octanol–water partition coefficient (Wildman–Crippen LogP) is 4.71. The van der Waals surface area contributed by atoms with Gasteiger partial charge in [0.2, 0.25) is 9.04 Å². The lowest BCUT2D eigenvalue weighted by Gasteiger charge is -2.37. The monoisotopic (exact) mass is 464 g/mol. The Hall–Kier alpha value is -0.653. The van der Waals surface area contributed by atoms with Crippen LogP contribution in [0.25, 0.3) is 0 Å². The van der Waals surface area contributed by atoms with Gasteiger partial charge in [-0.2, -0.15) is 0 Å². The number of benzene rings is 2. The van der Waals surface area contributed by atoms with Gasteiger partial charge in [0.25, 0.3) is 0 Å². The van der Waals surface area contributed by atoms with E-state index < -0.39 is 9.04 Å². The van der Waals surface area contributed by atoms with Crippen LogP contribution >= 0.6 is 22.6 Å². The lowest BCUT2D eigenvalue weighted by atomic mass is 9.70. The van der Waals surface area contributed by atoms with Crippen LogP contribution in [-0.2, 0) is 4.43 Å². The summed E-state index contributed by atoms with van der Waals surface area (Å²) in [6.45, 7) is 0.914. The number of halogens is 1. The van der Waals surface area contributed by atoms with Crippen LogP contribution in [0.1, 0.15) is 44.9 Å². The maximum Gasteiger partial charge on any atom is 0.239 e. The fourth-order valence-corrected chi connectivity index (χ4v) is 7.57. The molecule has 0 atom stereocenters. The maximum atomic E-state index is 6.62. The standard InChI is InChI=1S/C22H29IOSi/c23-18-16-22(14-8-3-9-15-22)17-19-24-25(20-10-4-1-5-11-20)21-12-6-2-7-13-21/h1-2,4-7,10-13,25H,3,8-9,14-19H2. The van der Waals surface area contributed by atoms with Crippen molar-refractivity contribution in [2.45, 2.75) is 44.9 Å². The first kappa shape index (κ1) is 19.1. The van der Waals surface area contributed by atoms with Crippen molar-refractivity contribution < 1.29 is 4.43 Å². The molecule has 2 aromatic carbocycles. The molecular weight excluding hydrogens is 435 g/mol. The van der Waals surface area contributed by atoms with E-state index in [2.05, 4.69) is 83.3 Å². The Labute approximate surface area is 168 Å². The predicted molar refractivity (Wildman–Crippen MR) is 119 cm³/mol. The molecule has 0 saturated heterocycles. The minimum absolute atomic E-state index is 0.547. The highest BCUT2D eigenvalue weighted by molar-refractivity contribution is 14.1. The molecule has 1 fully saturated rings. The minimum atomic E-state index is -1.57. The molecule has 0 amide bonds. The van der Waals surface area contributed by atoms with E-state index in [-0.39, 0.29) is 0 Å². The highest BCUT2D eigenvalue weighted by Crippen LogP contribution is 2.42. The third-order valence-electron chi connectivity index (χ3n) is 5.66. The van der Waals surface area contributed by atoms with Crippen molar-refractivity contribution in [3.63, 3.8) is 0 Å². The van der Waals surface area contributed by atoms with Crippen LogP contribution in [0.5, 0.6) is 0 Å². The van der Waals surface area contributed by atoms with Gasteiger partial charge in [0.05, 0.1) is 0 Å². The highest BCUT2D eigenvalue weighted by Gasteiger charge is 2.31. The summed E-state index contributed by atoms with van der Waals surface area (Å²) < 4.78 is 7.90. The Morgan fingerprint density at radius 3 is 1.88 bits per heavy atom. The molecule has 3 rings (SSSR count). The van der Waals surface area contributed by atoms with Gasteiger partial charge >= 0.3 is 0 Å². The SMILES string of the molecule is ICCC1(CCO[SiH](c2ccccc2)c2ccccc2)CCCCC1. The first-order chi connectivity index (χ1) is 12.3. The zero-order valence-corrected chi connectivity index (χ0v) is 18.3. The number of hydrogen-bond donors (Lipinski definition) is 0. The van der Waals surface area contributed by atoms with E-state index in [1.807, 2.05) is 0 Å². The molecule has 0 radical (unpaired) electrons. The van der Waals surface area contributed by atoms with Gasteiger partial charge in [-0.1, -0.05) is 103 Å². The van der Waals surface area contributed by atoms with Crippen LogP contribution in [0, 0.1) is 5.41 Å². The van der Waals surface area contributed by atoms with Gasteiger partial charge in [-0.05, 0) is 41.5 Å². The third kappa shape index (κ3) is 5.41. The average Bonchev–Trinajstić information content (AvgIpc) is 2.68. The molecule has 0 aromatic heterocycles. The summed E-state index contributed by atoms with van der Waals surface area (Å²) in [5.41, 5.74) is 0.547. The Kier molecular flexibility index (Phi) is 7.56. The van der Waals surface area contributed by atoms with E-state index in [4.69, 9.17) is 4.43 Å². The van der Waals surface area contributed by atoms with Crippen LogP contribution in [0.3, 0.4) is 0 Å². The topological polar surface area (TPSA) is 9.23 Å². The van der Waals surface area contributed by atoms with Crippen molar-refractivity contribution in [1.82, 2.24) is 0 Å².